The average molecular weight is 455 g/mol. The normalized spacial score (nSPS) is 16.9. The highest BCUT2D eigenvalue weighted by molar-refractivity contribution is 6.50. The Morgan fingerprint density at radius 3 is 1.97 bits per heavy atom. The third-order valence-corrected chi connectivity index (χ3v) is 6.97. The highest BCUT2D eigenvalue weighted by Crippen LogP contribution is 2.39. The number of morpholine rings is 1. The highest BCUT2D eigenvalue weighted by Gasteiger charge is 2.35. The van der Waals surface area contributed by atoms with Crippen molar-refractivity contribution in [3.05, 3.63) is 65.5 Å². The van der Waals surface area contributed by atoms with Crippen molar-refractivity contribution < 1.29 is 14.3 Å². The zero-order valence-corrected chi connectivity index (χ0v) is 19.5. The van der Waals surface area contributed by atoms with E-state index < -0.39 is 0 Å². The third-order valence-electron chi connectivity index (χ3n) is 6.97. The van der Waals surface area contributed by atoms with Gasteiger partial charge in [0.1, 0.15) is 0 Å². The Kier molecular flexibility index (Phi) is 4.64. The molecule has 6 rings (SSSR count). The van der Waals surface area contributed by atoms with E-state index in [0.29, 0.717) is 11.1 Å². The molecule has 0 bridgehead atoms. The van der Waals surface area contributed by atoms with Crippen LogP contribution in [0.3, 0.4) is 0 Å². The van der Waals surface area contributed by atoms with Crippen molar-refractivity contribution in [2.75, 3.05) is 31.2 Å². The first-order valence-corrected chi connectivity index (χ1v) is 11.5. The van der Waals surface area contributed by atoms with Gasteiger partial charge >= 0.3 is 0 Å². The van der Waals surface area contributed by atoms with Crippen LogP contribution in [0.2, 0.25) is 0 Å². The van der Waals surface area contributed by atoms with Crippen molar-refractivity contribution in [1.29, 1.82) is 0 Å². The maximum atomic E-state index is 13.1. The predicted molar refractivity (Wildman–Crippen MR) is 134 cm³/mol. The Morgan fingerprint density at radius 1 is 0.794 bits per heavy atom. The molecule has 1 saturated heterocycles. The molecule has 4 aromatic rings. The van der Waals surface area contributed by atoms with Gasteiger partial charge in [-0.05, 0) is 30.7 Å². The minimum Gasteiger partial charge on any atom is -0.378 e. The van der Waals surface area contributed by atoms with E-state index in [0.717, 1.165) is 70.5 Å². The quantitative estimate of drug-likeness (QED) is 0.482. The van der Waals surface area contributed by atoms with Crippen LogP contribution < -0.4 is 10.2 Å². The summed E-state index contributed by atoms with van der Waals surface area (Å²) in [5.74, 6) is -0.705. The van der Waals surface area contributed by atoms with Crippen molar-refractivity contribution >= 4 is 50.5 Å². The number of nitrogens with one attached hydrogen (secondary N) is 1. The highest BCUT2D eigenvalue weighted by atomic mass is 16.5. The number of aryl methyl sites for hydroxylation is 3. The number of fused-ring (bicyclic) bond motifs is 2. The van der Waals surface area contributed by atoms with Gasteiger partial charge in [-0.3, -0.25) is 14.9 Å². The van der Waals surface area contributed by atoms with Crippen LogP contribution >= 0.6 is 0 Å². The van der Waals surface area contributed by atoms with Crippen molar-refractivity contribution in [2.24, 2.45) is 14.1 Å². The third kappa shape index (κ3) is 3.08. The van der Waals surface area contributed by atoms with Crippen molar-refractivity contribution in [2.45, 2.75) is 6.92 Å². The van der Waals surface area contributed by atoms with E-state index in [-0.39, 0.29) is 11.8 Å². The van der Waals surface area contributed by atoms with Gasteiger partial charge in [0.15, 0.2) is 0 Å². The lowest BCUT2D eigenvalue weighted by Crippen LogP contribution is -2.36. The van der Waals surface area contributed by atoms with E-state index in [1.165, 1.54) is 0 Å². The molecule has 2 aromatic heterocycles. The van der Waals surface area contributed by atoms with Crippen LogP contribution in [0.15, 0.2) is 48.8 Å². The first-order chi connectivity index (χ1) is 16.4. The van der Waals surface area contributed by atoms with E-state index in [9.17, 15) is 9.59 Å². The number of nitrogens with zero attached hydrogens (tertiary/aromatic N) is 3. The van der Waals surface area contributed by atoms with Gasteiger partial charge in [-0.1, -0.05) is 18.2 Å². The zero-order valence-electron chi connectivity index (χ0n) is 19.5. The second kappa shape index (κ2) is 7.60. The van der Waals surface area contributed by atoms with Crippen LogP contribution in [-0.2, 0) is 28.4 Å². The number of hydrogen-bond acceptors (Lipinski definition) is 4. The molecule has 2 aliphatic rings. The molecule has 7 nitrogen and oxygen atoms in total. The molecule has 1 fully saturated rings. The molecule has 0 saturated carbocycles. The summed E-state index contributed by atoms with van der Waals surface area (Å²) in [6.07, 6.45) is 3.90. The summed E-state index contributed by atoms with van der Waals surface area (Å²) >= 11 is 0. The smallest absolute Gasteiger partial charge is 0.259 e. The van der Waals surface area contributed by atoms with Crippen molar-refractivity contribution in [3.8, 4) is 0 Å². The first-order valence-electron chi connectivity index (χ1n) is 11.5. The Morgan fingerprint density at radius 2 is 1.35 bits per heavy atom. The number of carbonyl (C=O) groups excluding carboxylic acids is 2. The van der Waals surface area contributed by atoms with Crippen LogP contribution in [0.25, 0.3) is 33.0 Å². The molecular weight excluding hydrogens is 428 g/mol. The predicted octanol–water partition coefficient (Wildman–Crippen LogP) is 3.38. The maximum absolute atomic E-state index is 13.1. The number of benzene rings is 2. The number of rotatable bonds is 3. The molecule has 34 heavy (non-hydrogen) atoms. The number of imide groups is 1. The van der Waals surface area contributed by atoms with Crippen molar-refractivity contribution in [3.63, 3.8) is 0 Å². The molecule has 1 N–H and O–H groups in total. The minimum absolute atomic E-state index is 0.352. The summed E-state index contributed by atoms with van der Waals surface area (Å²) in [4.78, 5) is 28.5. The van der Waals surface area contributed by atoms with Crippen LogP contribution in [0, 0.1) is 6.92 Å². The molecular formula is C27H26N4O3. The fourth-order valence-corrected chi connectivity index (χ4v) is 5.25. The largest absolute Gasteiger partial charge is 0.378 e. The van der Waals surface area contributed by atoms with Gasteiger partial charge in [0.05, 0.1) is 29.9 Å². The molecule has 0 aliphatic carbocycles. The molecule has 0 spiro atoms. The second-order valence-corrected chi connectivity index (χ2v) is 9.16. The second-order valence-electron chi connectivity index (χ2n) is 9.16. The van der Waals surface area contributed by atoms with Gasteiger partial charge in [0.2, 0.25) is 0 Å². The summed E-state index contributed by atoms with van der Waals surface area (Å²) in [6, 6.07) is 12.5. The molecule has 2 aromatic carbocycles. The number of ether oxygens (including phenoxy) is 1. The maximum Gasteiger partial charge on any atom is 0.259 e. The molecule has 4 heterocycles. The number of hydrogen-bond donors (Lipinski definition) is 1. The lowest BCUT2D eigenvalue weighted by atomic mass is 9.95. The Labute approximate surface area is 197 Å². The zero-order chi connectivity index (χ0) is 23.6. The number of aromatic nitrogens is 2. The Balaban J connectivity index is 1.55. The Bertz CT molecular complexity index is 1530. The molecule has 2 aliphatic heterocycles. The number of carbonyl (C=O) groups is 2. The summed E-state index contributed by atoms with van der Waals surface area (Å²) in [7, 11) is 3.94. The van der Waals surface area contributed by atoms with Crippen molar-refractivity contribution in [1.82, 2.24) is 14.5 Å². The van der Waals surface area contributed by atoms with E-state index in [4.69, 9.17) is 4.74 Å². The summed E-state index contributed by atoms with van der Waals surface area (Å²) < 4.78 is 9.53. The summed E-state index contributed by atoms with van der Waals surface area (Å²) in [5.41, 5.74) is 6.74. The number of anilines is 1. The minimum atomic E-state index is -0.353. The lowest BCUT2D eigenvalue weighted by Gasteiger charge is -2.29. The molecule has 0 unspecified atom stereocenters. The summed E-state index contributed by atoms with van der Waals surface area (Å²) in [5, 5.41) is 4.45. The van der Waals surface area contributed by atoms with Gasteiger partial charge in [-0.25, -0.2) is 0 Å². The van der Waals surface area contributed by atoms with Crippen LogP contribution in [0.4, 0.5) is 5.69 Å². The van der Waals surface area contributed by atoms with Gasteiger partial charge in [-0.15, -0.1) is 0 Å². The van der Waals surface area contributed by atoms with Gasteiger partial charge in [0.25, 0.3) is 11.8 Å². The molecule has 0 atom stereocenters. The standard InChI is InChI=1S/C27H26N4O3/c1-16-4-6-18-20(14-29(2)22(18)12-16)24-25(27(33)28-26(24)32)21-15-30(3)23-13-17(5-7-19(21)23)31-8-10-34-11-9-31/h4-7,12-15H,8-11H2,1-3H3,(H,28,32,33). The Hall–Kier alpha value is -3.84. The van der Waals surface area contributed by atoms with Gasteiger partial charge in [0, 0.05) is 72.7 Å². The van der Waals surface area contributed by atoms with Gasteiger partial charge in [-0.2, -0.15) is 0 Å². The van der Waals surface area contributed by atoms with E-state index in [1.807, 2.05) is 54.7 Å². The van der Waals surface area contributed by atoms with E-state index in [1.54, 1.807) is 0 Å². The monoisotopic (exact) mass is 454 g/mol. The number of amides is 2. The van der Waals surface area contributed by atoms with E-state index >= 15 is 0 Å². The average Bonchev–Trinajstić information content (AvgIpc) is 3.44. The first kappa shape index (κ1) is 20.7. The van der Waals surface area contributed by atoms with Crippen LogP contribution in [0.1, 0.15) is 16.7 Å². The molecule has 0 radical (unpaired) electrons. The summed E-state index contributed by atoms with van der Waals surface area (Å²) in [6.45, 7) is 5.20. The topological polar surface area (TPSA) is 68.5 Å². The molecule has 7 heteroatoms. The molecule has 172 valence electrons. The lowest BCUT2D eigenvalue weighted by molar-refractivity contribution is -0.122. The van der Waals surface area contributed by atoms with Gasteiger partial charge < -0.3 is 18.8 Å². The van der Waals surface area contributed by atoms with Crippen LogP contribution in [0.5, 0.6) is 0 Å². The fraction of sp³-hybridized carbons (Fsp3) is 0.259. The fourth-order valence-electron chi connectivity index (χ4n) is 5.25. The SMILES string of the molecule is Cc1ccc2c(C3=C(c4cn(C)c5cc(N6CCOCC6)ccc45)C(=O)NC3=O)cn(C)c2c1. The molecule has 2 amide bonds. The van der Waals surface area contributed by atoms with E-state index in [2.05, 4.69) is 34.5 Å². The van der Waals surface area contributed by atoms with Crippen LogP contribution in [-0.4, -0.2) is 47.3 Å².